The highest BCUT2D eigenvalue weighted by molar-refractivity contribution is 14.2. The van der Waals surface area contributed by atoms with Crippen LogP contribution >= 0.6 is 138 Å². The molecule has 26 nitrogen and oxygen atoms in total. The fourth-order valence-corrected chi connectivity index (χ4v) is 11.7. The second-order valence-corrected chi connectivity index (χ2v) is 27.4. The summed E-state index contributed by atoms with van der Waals surface area (Å²) >= 11 is 29.7. The lowest BCUT2D eigenvalue weighted by atomic mass is 10.2. The summed E-state index contributed by atoms with van der Waals surface area (Å²) < 4.78 is 31.3. The van der Waals surface area contributed by atoms with Gasteiger partial charge in [0, 0.05) is 23.7 Å². The molecule has 0 bridgehead atoms. The van der Waals surface area contributed by atoms with E-state index in [2.05, 4.69) is 138 Å². The third-order valence-corrected chi connectivity index (χ3v) is 16.3. The SMILES string of the molecule is C.CCCSc1nc(Cl)c(N)c(N[C@@H]2C[C@H](OCCO)[C@@H](O)[C@H]2O)n1.CCCSc1nc(Cl)c(NC=O)c(NC2C[C@H](OCCO)[C@H]3OC(C)(C)O[C@@H]23)n1.CCCSc1nc(Cl)c2nnn([C@@H]3C[C@H](OCCO)[C@@H](O)[C@H]3O)c2n1.CI.ICI. The van der Waals surface area contributed by atoms with Gasteiger partial charge in [-0.2, -0.15) is 0 Å². The van der Waals surface area contributed by atoms with Crippen LogP contribution in [-0.4, -0.2) is 224 Å². The van der Waals surface area contributed by atoms with Gasteiger partial charge in [0.05, 0.1) is 78.5 Å². The molecule has 12 atom stereocenters. The molecule has 4 aromatic rings. The van der Waals surface area contributed by atoms with Gasteiger partial charge < -0.3 is 81.1 Å². The van der Waals surface area contributed by atoms with Crippen molar-refractivity contribution >= 4 is 178 Å². The fourth-order valence-electron chi connectivity index (χ4n) is 8.89. The molecule has 1 aliphatic heterocycles. The summed E-state index contributed by atoms with van der Waals surface area (Å²) in [6.07, 6.45) is -1.53. The molecule has 12 N–H and O–H groups in total. The van der Waals surface area contributed by atoms with Crippen LogP contribution in [0.2, 0.25) is 15.5 Å². The monoisotopic (exact) mass is 1640 g/mol. The molecule has 3 saturated carbocycles. The van der Waals surface area contributed by atoms with Gasteiger partial charge in [-0.05, 0) is 50.9 Å². The number of fused-ring (bicyclic) bond motifs is 2. The van der Waals surface area contributed by atoms with Gasteiger partial charge in [0.2, 0.25) is 6.41 Å². The maximum atomic E-state index is 11.1. The second kappa shape index (κ2) is 40.1. The van der Waals surface area contributed by atoms with Crippen molar-refractivity contribution in [1.29, 1.82) is 0 Å². The average Bonchev–Trinajstić information content (AvgIpc) is 2.15. The maximum absolute atomic E-state index is 11.1. The number of rotatable bonds is 25. The summed E-state index contributed by atoms with van der Waals surface area (Å²) in [5.41, 5.74) is 7.19. The van der Waals surface area contributed by atoms with Crippen LogP contribution in [0.4, 0.5) is 23.0 Å². The highest BCUT2D eigenvalue weighted by Crippen LogP contribution is 2.42. The zero-order valence-corrected chi connectivity index (χ0v) is 57.7. The Bertz CT molecular complexity index is 2580. The Kier molecular flexibility index (Phi) is 36.9. The quantitative estimate of drug-likeness (QED) is 0.00820. The van der Waals surface area contributed by atoms with Crippen LogP contribution in [0, 0.1) is 0 Å². The number of aliphatic hydroxyl groups is 7. The van der Waals surface area contributed by atoms with Crippen LogP contribution in [0.25, 0.3) is 11.2 Å². The number of aromatic nitrogens is 9. The number of hydrogen-bond acceptors (Lipinski definition) is 27. The Morgan fingerprint density at radius 1 is 0.679 bits per heavy atom. The Morgan fingerprint density at radius 3 is 1.69 bits per heavy atom. The largest absolute Gasteiger partial charge is 0.394 e. The number of hydrogen-bond donors (Lipinski definition) is 11. The Balaban J connectivity index is 0.000000317. The predicted octanol–water partition coefficient (Wildman–Crippen LogP) is 6.70. The molecule has 0 spiro atoms. The normalized spacial score (nSPS) is 25.4. The smallest absolute Gasteiger partial charge is 0.211 e. The summed E-state index contributed by atoms with van der Waals surface area (Å²) in [6.45, 7) is 9.92. The molecular formula is C49H79Cl3I3N13O13S3. The zero-order valence-electron chi connectivity index (χ0n) is 46.5. The van der Waals surface area contributed by atoms with Gasteiger partial charge >= 0.3 is 0 Å². The Hall–Kier alpha value is -0.860. The minimum atomic E-state index is -1.09. The van der Waals surface area contributed by atoms with E-state index in [-0.39, 0.29) is 92.6 Å². The molecule has 4 aromatic heterocycles. The number of nitrogen functional groups attached to an aromatic ring is 1. The molecule has 84 heavy (non-hydrogen) atoms. The van der Waals surface area contributed by atoms with Gasteiger partial charge in [0.15, 0.2) is 59.5 Å². The van der Waals surface area contributed by atoms with E-state index >= 15 is 0 Å². The lowest BCUT2D eigenvalue weighted by Crippen LogP contribution is -2.36. The number of halogens is 6. The van der Waals surface area contributed by atoms with Crippen LogP contribution in [-0.2, 0) is 28.5 Å². The summed E-state index contributed by atoms with van der Waals surface area (Å²) in [5.74, 6) is 2.56. The number of amides is 1. The van der Waals surface area contributed by atoms with Crippen LogP contribution < -0.4 is 21.7 Å². The van der Waals surface area contributed by atoms with Gasteiger partial charge in [0.25, 0.3) is 0 Å². The Labute approximate surface area is 558 Å². The van der Waals surface area contributed by atoms with Crippen molar-refractivity contribution in [1.82, 2.24) is 44.9 Å². The lowest BCUT2D eigenvalue weighted by molar-refractivity contribution is -0.167. The Morgan fingerprint density at radius 2 is 1.14 bits per heavy atom. The van der Waals surface area contributed by atoms with E-state index < -0.39 is 54.5 Å². The zero-order chi connectivity index (χ0) is 61.4. The molecular weight excluding hydrogens is 1560 g/mol. The van der Waals surface area contributed by atoms with E-state index in [4.69, 9.17) is 79.5 Å². The third-order valence-electron chi connectivity index (χ3n) is 12.4. The number of alkyl halides is 3. The van der Waals surface area contributed by atoms with Gasteiger partial charge in [-0.25, -0.2) is 34.6 Å². The number of anilines is 4. The van der Waals surface area contributed by atoms with Crippen molar-refractivity contribution in [3.63, 3.8) is 0 Å². The molecule has 8 rings (SSSR count). The first-order chi connectivity index (χ1) is 39.8. The second-order valence-electron chi connectivity index (χ2n) is 18.7. The van der Waals surface area contributed by atoms with Crippen LogP contribution in [0.15, 0.2) is 15.5 Å². The highest BCUT2D eigenvalue weighted by Gasteiger charge is 2.55. The van der Waals surface area contributed by atoms with Crippen molar-refractivity contribution in [3.8, 4) is 0 Å². The molecule has 4 fully saturated rings. The maximum Gasteiger partial charge on any atom is 0.211 e. The number of aliphatic hydroxyl groups excluding tert-OH is 7. The lowest BCUT2D eigenvalue weighted by Gasteiger charge is -2.25. The van der Waals surface area contributed by atoms with Crippen molar-refractivity contribution < 1.29 is 64.2 Å². The van der Waals surface area contributed by atoms with Gasteiger partial charge in [-0.15, -0.1) is 5.10 Å². The van der Waals surface area contributed by atoms with E-state index in [1.807, 2.05) is 25.7 Å². The van der Waals surface area contributed by atoms with E-state index in [1.54, 1.807) is 0 Å². The molecule has 478 valence electrons. The number of ether oxygens (including phenoxy) is 5. The molecule has 5 heterocycles. The van der Waals surface area contributed by atoms with Crippen LogP contribution in [0.3, 0.4) is 0 Å². The van der Waals surface area contributed by atoms with Gasteiger partial charge in [-0.1, -0.05) is 171 Å². The molecule has 4 aliphatic rings. The first kappa shape index (κ1) is 77.4. The summed E-state index contributed by atoms with van der Waals surface area (Å²) in [4.78, 5) is 39.0. The van der Waals surface area contributed by atoms with E-state index in [0.29, 0.717) is 69.6 Å². The van der Waals surface area contributed by atoms with Crippen molar-refractivity contribution in [2.45, 2.75) is 175 Å². The number of thioether (sulfide) groups is 3. The van der Waals surface area contributed by atoms with Crippen molar-refractivity contribution in [2.75, 3.05) is 85.9 Å². The minimum absolute atomic E-state index is 0. The summed E-state index contributed by atoms with van der Waals surface area (Å²) in [6, 6.07) is -1.24. The van der Waals surface area contributed by atoms with Crippen molar-refractivity contribution in [2.24, 2.45) is 0 Å². The molecule has 0 radical (unpaired) electrons. The predicted molar refractivity (Wildman–Crippen MR) is 355 cm³/mol. The van der Waals surface area contributed by atoms with Crippen LogP contribution in [0.1, 0.15) is 86.6 Å². The molecule has 35 heteroatoms. The number of nitrogens with zero attached hydrogens (tertiary/aromatic N) is 9. The molecule has 1 amide bonds. The molecule has 3 aliphatic carbocycles. The van der Waals surface area contributed by atoms with E-state index in [1.165, 1.54) is 42.4 Å². The third kappa shape index (κ3) is 22.2. The highest BCUT2D eigenvalue weighted by atomic mass is 127. The van der Waals surface area contributed by atoms with E-state index in [0.717, 1.165) is 36.5 Å². The van der Waals surface area contributed by atoms with Gasteiger partial charge in [-0.3, -0.25) is 4.79 Å². The molecule has 1 unspecified atom stereocenters. The molecule has 0 aromatic carbocycles. The summed E-state index contributed by atoms with van der Waals surface area (Å²) in [7, 11) is 0. The number of carbonyl (C=O) groups excluding carboxylic acids is 1. The molecule has 1 saturated heterocycles. The van der Waals surface area contributed by atoms with Crippen molar-refractivity contribution in [3.05, 3.63) is 15.5 Å². The minimum Gasteiger partial charge on any atom is -0.394 e. The van der Waals surface area contributed by atoms with E-state index in [9.17, 15) is 25.2 Å². The topological polar surface area (TPSA) is 375 Å². The first-order valence-corrected chi connectivity index (χ1v) is 35.7. The number of nitrogens with two attached hydrogens (primary N) is 1. The van der Waals surface area contributed by atoms with Crippen LogP contribution in [0.5, 0.6) is 0 Å². The average molecular weight is 1640 g/mol. The fraction of sp³-hybridized carbons (Fsp3) is 0.735. The summed E-state index contributed by atoms with van der Waals surface area (Å²) in [5, 5.41) is 86.6. The number of nitrogens with one attached hydrogen (secondary N) is 3. The first-order valence-electron chi connectivity index (χ1n) is 26.4. The standard InChI is InChI=1S/C18H27ClN4O5S.C14H20ClN5O4S.C14H23ClN4O4S.CH2I2.CH3I.CH4/c1-4-7-29-17-22-15(19)12(20-9-25)16(23-17)21-10-8-11(26-6-5-24)14-13(10)27-18(2,3)28-14;1-2-5-25-14-16-12(15)9-13(17-14)20(19-18-9)7-6-8(24-4-3-21)11(23)10(7)22;1-2-5-24-14-18-12(15)9(16)13(19-14)17-7-6-8(23-4-3-20)11(22)10(7)21;2-1-3;1-2;/h9-11,13-14,24H,4-8H2,1-3H3,(H,20,25)(H,21,22,23);7-8,10-11,21-23H,2-6H2,1H3;7-8,10-11,20-22H,2-6,16H2,1H3,(H,17,18,19);1H2;1H3;1H4/t10?,11-,13-,14+;2*7-,8+,10+,11-;;;/m011.../s1. The number of carbonyl (C=O) groups is 1. The van der Waals surface area contributed by atoms with Gasteiger partial charge in [0.1, 0.15) is 48.0 Å².